The zero-order valence-corrected chi connectivity index (χ0v) is 16.1. The monoisotopic (exact) mass is 383 g/mol. The predicted molar refractivity (Wildman–Crippen MR) is 107 cm³/mol. The largest absolute Gasteiger partial charge is 0.356 e. The lowest BCUT2D eigenvalue weighted by Gasteiger charge is -2.36. The Morgan fingerprint density at radius 2 is 1.54 bits per heavy atom. The van der Waals surface area contributed by atoms with Crippen molar-refractivity contribution in [1.82, 2.24) is 14.9 Å². The van der Waals surface area contributed by atoms with Gasteiger partial charge in [-0.1, -0.05) is 18.2 Å². The summed E-state index contributed by atoms with van der Waals surface area (Å²) < 4.78 is 13.8. The van der Waals surface area contributed by atoms with Gasteiger partial charge in [0.25, 0.3) is 0 Å². The maximum absolute atomic E-state index is 13.8. The number of aromatic nitrogens is 2. The van der Waals surface area contributed by atoms with E-state index in [1.807, 2.05) is 4.90 Å². The molecular formula is C21H26FN5O. The molecule has 0 N–H and O–H groups in total. The van der Waals surface area contributed by atoms with E-state index in [2.05, 4.69) is 25.8 Å². The summed E-state index contributed by atoms with van der Waals surface area (Å²) in [5.41, 5.74) is 0.455. The van der Waals surface area contributed by atoms with Crippen molar-refractivity contribution in [3.05, 3.63) is 48.0 Å². The number of carbonyl (C=O) groups excluding carboxylic acids is 1. The van der Waals surface area contributed by atoms with Crippen molar-refractivity contribution in [2.75, 3.05) is 49.1 Å². The second-order valence-electron chi connectivity index (χ2n) is 7.42. The molecule has 0 spiro atoms. The number of halogens is 1. The first-order valence-electron chi connectivity index (χ1n) is 10.0. The summed E-state index contributed by atoms with van der Waals surface area (Å²) in [5.74, 6) is 1.56. The van der Waals surface area contributed by atoms with Crippen LogP contribution in [0.1, 0.15) is 24.8 Å². The Kier molecular flexibility index (Phi) is 5.69. The molecule has 0 bridgehead atoms. The van der Waals surface area contributed by atoms with Crippen molar-refractivity contribution in [2.24, 2.45) is 0 Å². The number of amides is 1. The van der Waals surface area contributed by atoms with Crippen LogP contribution >= 0.6 is 0 Å². The van der Waals surface area contributed by atoms with Gasteiger partial charge in [0.1, 0.15) is 23.8 Å². The summed E-state index contributed by atoms with van der Waals surface area (Å²) in [7, 11) is 0. The minimum atomic E-state index is -0.319. The van der Waals surface area contributed by atoms with Gasteiger partial charge in [0.05, 0.1) is 6.42 Å². The van der Waals surface area contributed by atoms with Crippen LogP contribution in [0.5, 0.6) is 0 Å². The molecule has 6 nitrogen and oxygen atoms in total. The van der Waals surface area contributed by atoms with Gasteiger partial charge in [0, 0.05) is 45.3 Å². The van der Waals surface area contributed by atoms with E-state index < -0.39 is 0 Å². The van der Waals surface area contributed by atoms with Gasteiger partial charge >= 0.3 is 0 Å². The SMILES string of the molecule is O=C(Cc1ccccc1F)N1CCN(c2cc(N3CCCCC3)ncn2)CC1. The molecular weight excluding hydrogens is 357 g/mol. The topological polar surface area (TPSA) is 52.6 Å². The van der Waals surface area contributed by atoms with Gasteiger partial charge in [-0.05, 0) is 30.9 Å². The Morgan fingerprint density at radius 1 is 0.893 bits per heavy atom. The lowest BCUT2D eigenvalue weighted by molar-refractivity contribution is -0.130. The smallest absolute Gasteiger partial charge is 0.227 e. The van der Waals surface area contributed by atoms with E-state index in [0.717, 1.165) is 37.8 Å². The molecule has 1 amide bonds. The third-order valence-corrected chi connectivity index (χ3v) is 5.57. The minimum Gasteiger partial charge on any atom is -0.356 e. The number of hydrogen-bond donors (Lipinski definition) is 0. The van der Waals surface area contributed by atoms with Crippen molar-refractivity contribution in [2.45, 2.75) is 25.7 Å². The fourth-order valence-electron chi connectivity index (χ4n) is 3.91. The molecule has 148 valence electrons. The first kappa shape index (κ1) is 18.7. The molecule has 28 heavy (non-hydrogen) atoms. The highest BCUT2D eigenvalue weighted by Gasteiger charge is 2.23. The molecule has 0 saturated carbocycles. The summed E-state index contributed by atoms with van der Waals surface area (Å²) >= 11 is 0. The third kappa shape index (κ3) is 4.24. The van der Waals surface area contributed by atoms with Crippen molar-refractivity contribution >= 4 is 17.5 Å². The zero-order valence-electron chi connectivity index (χ0n) is 16.1. The summed E-state index contributed by atoms with van der Waals surface area (Å²) in [6, 6.07) is 8.53. The molecule has 2 saturated heterocycles. The molecule has 4 rings (SSSR count). The van der Waals surface area contributed by atoms with Crippen LogP contribution in [0, 0.1) is 5.82 Å². The Morgan fingerprint density at radius 3 is 2.21 bits per heavy atom. The van der Waals surface area contributed by atoms with Crippen LogP contribution in [-0.4, -0.2) is 60.0 Å². The van der Waals surface area contributed by atoms with Gasteiger partial charge in [-0.25, -0.2) is 14.4 Å². The van der Waals surface area contributed by atoms with Gasteiger partial charge in [-0.3, -0.25) is 4.79 Å². The van der Waals surface area contributed by atoms with Crippen LogP contribution in [0.15, 0.2) is 36.7 Å². The Labute approximate surface area is 165 Å². The van der Waals surface area contributed by atoms with Crippen molar-refractivity contribution in [3.8, 4) is 0 Å². The molecule has 0 aliphatic carbocycles. The lowest BCUT2D eigenvalue weighted by Crippen LogP contribution is -2.49. The van der Waals surface area contributed by atoms with Crippen molar-refractivity contribution < 1.29 is 9.18 Å². The molecule has 0 atom stereocenters. The number of carbonyl (C=O) groups is 1. The van der Waals surface area contributed by atoms with Gasteiger partial charge in [0.2, 0.25) is 5.91 Å². The second-order valence-corrected chi connectivity index (χ2v) is 7.42. The fraction of sp³-hybridized carbons (Fsp3) is 0.476. The van der Waals surface area contributed by atoms with Gasteiger partial charge in [-0.2, -0.15) is 0 Å². The van der Waals surface area contributed by atoms with Crippen LogP contribution in [0.2, 0.25) is 0 Å². The molecule has 1 aromatic carbocycles. The summed E-state index contributed by atoms with van der Waals surface area (Å²) in [5, 5.41) is 0. The molecule has 2 aliphatic heterocycles. The Hall–Kier alpha value is -2.70. The normalized spacial score (nSPS) is 17.7. The van der Waals surface area contributed by atoms with Crippen LogP contribution in [-0.2, 0) is 11.2 Å². The number of rotatable bonds is 4. The van der Waals surface area contributed by atoms with Gasteiger partial charge < -0.3 is 14.7 Å². The number of piperidine rings is 1. The average molecular weight is 383 g/mol. The quantitative estimate of drug-likeness (QED) is 0.812. The minimum absolute atomic E-state index is 0.0264. The number of piperazine rings is 1. The summed E-state index contributed by atoms with van der Waals surface area (Å²) in [6.45, 7) is 4.79. The van der Waals surface area contributed by atoms with E-state index in [1.165, 1.54) is 25.3 Å². The van der Waals surface area contributed by atoms with Crippen molar-refractivity contribution in [3.63, 3.8) is 0 Å². The van der Waals surface area contributed by atoms with E-state index in [4.69, 9.17) is 0 Å². The van der Waals surface area contributed by atoms with Crippen LogP contribution < -0.4 is 9.80 Å². The Bertz CT molecular complexity index is 816. The molecule has 0 unspecified atom stereocenters. The van der Waals surface area contributed by atoms with E-state index in [1.54, 1.807) is 24.5 Å². The molecule has 1 aromatic heterocycles. The highest BCUT2D eigenvalue weighted by molar-refractivity contribution is 5.79. The van der Waals surface area contributed by atoms with Gasteiger partial charge in [0.15, 0.2) is 0 Å². The molecule has 7 heteroatoms. The van der Waals surface area contributed by atoms with E-state index in [-0.39, 0.29) is 18.1 Å². The first-order chi connectivity index (χ1) is 13.7. The molecule has 0 radical (unpaired) electrons. The van der Waals surface area contributed by atoms with Crippen LogP contribution in [0.4, 0.5) is 16.0 Å². The standard InChI is InChI=1S/C21H26FN5O/c22-18-7-3-2-6-17(18)14-21(28)27-12-10-26(11-13-27)20-15-19(23-16-24-20)25-8-4-1-5-9-25/h2-3,6-7,15-16H,1,4-5,8-14H2. The molecule has 2 aromatic rings. The third-order valence-electron chi connectivity index (χ3n) is 5.57. The molecule has 2 aliphatic rings. The van der Waals surface area contributed by atoms with Crippen LogP contribution in [0.3, 0.4) is 0 Å². The summed E-state index contributed by atoms with van der Waals surface area (Å²) in [6.07, 6.45) is 5.45. The average Bonchev–Trinajstić information content (AvgIpc) is 2.76. The van der Waals surface area contributed by atoms with Crippen molar-refractivity contribution in [1.29, 1.82) is 0 Å². The van der Waals surface area contributed by atoms with E-state index in [0.29, 0.717) is 18.7 Å². The predicted octanol–water partition coefficient (Wildman–Crippen LogP) is 2.50. The van der Waals surface area contributed by atoms with E-state index in [9.17, 15) is 9.18 Å². The van der Waals surface area contributed by atoms with Crippen LogP contribution in [0.25, 0.3) is 0 Å². The fourth-order valence-corrected chi connectivity index (χ4v) is 3.91. The highest BCUT2D eigenvalue weighted by atomic mass is 19.1. The molecule has 3 heterocycles. The zero-order chi connectivity index (χ0) is 19.3. The number of anilines is 2. The maximum Gasteiger partial charge on any atom is 0.227 e. The molecule has 2 fully saturated rings. The number of nitrogens with zero attached hydrogens (tertiary/aromatic N) is 5. The Balaban J connectivity index is 1.35. The first-order valence-corrected chi connectivity index (χ1v) is 10.0. The van der Waals surface area contributed by atoms with E-state index >= 15 is 0 Å². The van der Waals surface area contributed by atoms with Gasteiger partial charge in [-0.15, -0.1) is 0 Å². The number of hydrogen-bond acceptors (Lipinski definition) is 5. The number of benzene rings is 1. The maximum atomic E-state index is 13.8. The lowest BCUT2D eigenvalue weighted by atomic mass is 10.1. The summed E-state index contributed by atoms with van der Waals surface area (Å²) in [4.78, 5) is 27.8. The second kappa shape index (κ2) is 8.54. The highest BCUT2D eigenvalue weighted by Crippen LogP contribution is 2.22.